The molecule has 2 aromatic rings. The molecule has 1 heterocycles. The molecule has 5 heteroatoms. The van der Waals surface area contributed by atoms with Gasteiger partial charge in [-0.15, -0.1) is 0 Å². The van der Waals surface area contributed by atoms with Crippen LogP contribution in [-0.2, 0) is 11.3 Å². The number of rotatable bonds is 6. The molecule has 0 spiro atoms. The van der Waals surface area contributed by atoms with Crippen molar-refractivity contribution in [3.05, 3.63) is 57.6 Å². The van der Waals surface area contributed by atoms with E-state index in [1.54, 1.807) is 0 Å². The van der Waals surface area contributed by atoms with Crippen LogP contribution in [0.15, 0.2) is 40.9 Å². The van der Waals surface area contributed by atoms with Crippen molar-refractivity contribution in [2.75, 3.05) is 25.0 Å². The molecule has 1 aliphatic heterocycles. The second kappa shape index (κ2) is 9.38. The summed E-state index contributed by atoms with van der Waals surface area (Å²) in [5.41, 5.74) is 4.24. The van der Waals surface area contributed by atoms with E-state index in [4.69, 9.17) is 4.74 Å². The number of carbonyl (C=O) groups excluding carboxylic acids is 1. The van der Waals surface area contributed by atoms with Crippen LogP contribution in [0, 0.1) is 13.8 Å². The molecule has 1 saturated heterocycles. The lowest BCUT2D eigenvalue weighted by Crippen LogP contribution is -2.29. The Bertz CT molecular complexity index is 760. The summed E-state index contributed by atoms with van der Waals surface area (Å²) in [7, 11) is 0. The average Bonchev–Trinajstić information content (AvgIpc) is 2.63. The molecule has 0 unspecified atom stereocenters. The van der Waals surface area contributed by atoms with E-state index < -0.39 is 0 Å². The van der Waals surface area contributed by atoms with E-state index in [0.717, 1.165) is 27.8 Å². The fraction of sp³-hybridized carbons (Fsp3) is 0.409. The Morgan fingerprint density at radius 1 is 1.11 bits per heavy atom. The zero-order valence-electron chi connectivity index (χ0n) is 16.1. The van der Waals surface area contributed by atoms with E-state index in [1.165, 1.54) is 37.9 Å². The first-order chi connectivity index (χ1) is 13.0. The zero-order valence-corrected chi connectivity index (χ0v) is 17.6. The molecule has 3 rings (SSSR count). The molecule has 2 aromatic carbocycles. The number of amides is 1. The van der Waals surface area contributed by atoms with Crippen molar-refractivity contribution < 1.29 is 9.53 Å². The minimum Gasteiger partial charge on any atom is -0.482 e. The lowest BCUT2D eigenvalue weighted by molar-refractivity contribution is -0.118. The number of aryl methyl sites for hydroxylation is 2. The largest absolute Gasteiger partial charge is 0.482 e. The molecule has 1 fully saturated rings. The molecule has 4 nitrogen and oxygen atoms in total. The van der Waals surface area contributed by atoms with Crippen molar-refractivity contribution in [1.29, 1.82) is 0 Å². The van der Waals surface area contributed by atoms with Crippen LogP contribution >= 0.6 is 15.9 Å². The summed E-state index contributed by atoms with van der Waals surface area (Å²) in [6.07, 6.45) is 3.94. The van der Waals surface area contributed by atoms with Gasteiger partial charge in [-0.05, 0) is 90.6 Å². The van der Waals surface area contributed by atoms with Gasteiger partial charge in [0.05, 0.1) is 4.47 Å². The third-order valence-electron chi connectivity index (χ3n) is 4.81. The number of halogens is 1. The van der Waals surface area contributed by atoms with Gasteiger partial charge in [-0.1, -0.05) is 24.6 Å². The Labute approximate surface area is 170 Å². The molecule has 0 bridgehead atoms. The van der Waals surface area contributed by atoms with Crippen molar-refractivity contribution in [3.63, 3.8) is 0 Å². The number of hydrogen-bond donors (Lipinski definition) is 1. The van der Waals surface area contributed by atoms with Gasteiger partial charge in [-0.3, -0.25) is 9.69 Å². The van der Waals surface area contributed by atoms with Gasteiger partial charge in [0.1, 0.15) is 5.75 Å². The molecular weight excluding hydrogens is 404 g/mol. The van der Waals surface area contributed by atoms with E-state index in [-0.39, 0.29) is 12.5 Å². The standard InChI is InChI=1S/C22H27BrN2O2/c1-16-12-17(2)22(20(23)13-16)27-15-21(26)24-19-8-6-18(7-9-19)14-25-10-4-3-5-11-25/h6-9,12-13H,3-5,10-11,14-15H2,1-2H3,(H,24,26). The monoisotopic (exact) mass is 430 g/mol. The number of carbonyl (C=O) groups is 1. The maximum Gasteiger partial charge on any atom is 0.262 e. The normalized spacial score (nSPS) is 14.8. The van der Waals surface area contributed by atoms with Crippen LogP contribution in [0.5, 0.6) is 5.75 Å². The summed E-state index contributed by atoms with van der Waals surface area (Å²) >= 11 is 3.50. The number of benzene rings is 2. The Morgan fingerprint density at radius 2 is 1.81 bits per heavy atom. The molecule has 0 aliphatic carbocycles. The Morgan fingerprint density at radius 3 is 2.48 bits per heavy atom. The molecule has 1 aliphatic rings. The van der Waals surface area contributed by atoms with Gasteiger partial charge in [-0.2, -0.15) is 0 Å². The summed E-state index contributed by atoms with van der Waals surface area (Å²) in [5.74, 6) is 0.554. The third kappa shape index (κ3) is 5.81. The quantitative estimate of drug-likeness (QED) is 0.695. The van der Waals surface area contributed by atoms with Crippen LogP contribution in [0.2, 0.25) is 0 Å². The number of anilines is 1. The fourth-order valence-corrected chi connectivity index (χ4v) is 4.28. The highest BCUT2D eigenvalue weighted by Crippen LogP contribution is 2.30. The van der Waals surface area contributed by atoms with E-state index in [0.29, 0.717) is 5.75 Å². The van der Waals surface area contributed by atoms with Crippen LogP contribution in [0.1, 0.15) is 36.0 Å². The minimum atomic E-state index is -0.161. The second-order valence-electron chi connectivity index (χ2n) is 7.26. The first-order valence-corrected chi connectivity index (χ1v) is 10.3. The van der Waals surface area contributed by atoms with Crippen molar-refractivity contribution in [3.8, 4) is 5.75 Å². The number of nitrogens with zero attached hydrogens (tertiary/aromatic N) is 1. The van der Waals surface area contributed by atoms with Crippen LogP contribution in [0.3, 0.4) is 0 Å². The zero-order chi connectivity index (χ0) is 19.2. The summed E-state index contributed by atoms with van der Waals surface area (Å²) in [4.78, 5) is 14.7. The second-order valence-corrected chi connectivity index (χ2v) is 8.12. The summed E-state index contributed by atoms with van der Waals surface area (Å²) in [5, 5.41) is 2.90. The third-order valence-corrected chi connectivity index (χ3v) is 5.40. The molecule has 144 valence electrons. The number of ether oxygens (including phenoxy) is 1. The molecule has 1 amide bonds. The number of nitrogens with one attached hydrogen (secondary N) is 1. The highest BCUT2D eigenvalue weighted by atomic mass is 79.9. The van der Waals surface area contributed by atoms with Crippen molar-refractivity contribution in [2.45, 2.75) is 39.7 Å². The fourth-order valence-electron chi connectivity index (χ4n) is 3.49. The van der Waals surface area contributed by atoms with Crippen LogP contribution in [0.25, 0.3) is 0 Å². The van der Waals surface area contributed by atoms with E-state index >= 15 is 0 Å². The van der Waals surface area contributed by atoms with E-state index in [9.17, 15) is 4.79 Å². The Kier molecular flexibility index (Phi) is 6.91. The van der Waals surface area contributed by atoms with Gasteiger partial charge >= 0.3 is 0 Å². The van der Waals surface area contributed by atoms with Crippen molar-refractivity contribution >= 4 is 27.5 Å². The Hall–Kier alpha value is -1.85. The summed E-state index contributed by atoms with van der Waals surface area (Å²) < 4.78 is 6.59. The maximum absolute atomic E-state index is 12.2. The highest BCUT2D eigenvalue weighted by Gasteiger charge is 2.11. The van der Waals surface area contributed by atoms with Gasteiger partial charge < -0.3 is 10.1 Å². The lowest BCUT2D eigenvalue weighted by atomic mass is 10.1. The van der Waals surface area contributed by atoms with E-state index in [1.807, 2.05) is 38.1 Å². The minimum absolute atomic E-state index is 0.0158. The Balaban J connectivity index is 1.50. The topological polar surface area (TPSA) is 41.6 Å². The molecule has 1 N–H and O–H groups in total. The first-order valence-electron chi connectivity index (χ1n) is 9.52. The van der Waals surface area contributed by atoms with Crippen LogP contribution in [0.4, 0.5) is 5.69 Å². The SMILES string of the molecule is Cc1cc(C)c(OCC(=O)Nc2ccc(CN3CCCCC3)cc2)c(Br)c1. The molecule has 0 atom stereocenters. The van der Waals surface area contributed by atoms with Gasteiger partial charge in [-0.25, -0.2) is 0 Å². The molecule has 0 aromatic heterocycles. The molecular formula is C22H27BrN2O2. The number of likely N-dealkylation sites (tertiary alicyclic amines) is 1. The predicted molar refractivity (Wildman–Crippen MR) is 113 cm³/mol. The number of hydrogen-bond acceptors (Lipinski definition) is 3. The highest BCUT2D eigenvalue weighted by molar-refractivity contribution is 9.10. The smallest absolute Gasteiger partial charge is 0.262 e. The van der Waals surface area contributed by atoms with Crippen molar-refractivity contribution in [1.82, 2.24) is 4.90 Å². The average molecular weight is 431 g/mol. The molecule has 0 radical (unpaired) electrons. The van der Waals surface area contributed by atoms with Gasteiger partial charge in [0.25, 0.3) is 5.91 Å². The summed E-state index contributed by atoms with van der Waals surface area (Å²) in [6.45, 7) is 7.35. The lowest BCUT2D eigenvalue weighted by Gasteiger charge is -2.26. The van der Waals surface area contributed by atoms with Crippen molar-refractivity contribution in [2.24, 2.45) is 0 Å². The molecule has 27 heavy (non-hydrogen) atoms. The first kappa shape index (κ1) is 19.9. The maximum atomic E-state index is 12.2. The molecule has 0 saturated carbocycles. The van der Waals surface area contributed by atoms with Gasteiger partial charge in [0, 0.05) is 12.2 Å². The van der Waals surface area contributed by atoms with E-state index in [2.05, 4.69) is 38.3 Å². The van der Waals surface area contributed by atoms with Crippen LogP contribution < -0.4 is 10.1 Å². The predicted octanol–water partition coefficient (Wildman–Crippen LogP) is 5.07. The van der Waals surface area contributed by atoms with Crippen LogP contribution in [-0.4, -0.2) is 30.5 Å². The summed E-state index contributed by atoms with van der Waals surface area (Å²) in [6, 6.07) is 12.1. The number of piperidine rings is 1. The van der Waals surface area contributed by atoms with Gasteiger partial charge in [0.15, 0.2) is 6.61 Å². The van der Waals surface area contributed by atoms with Gasteiger partial charge in [0.2, 0.25) is 0 Å².